The monoisotopic (exact) mass is 439 g/mol. The number of carbonyl (C=O) groups is 1. The van der Waals surface area contributed by atoms with Crippen LogP contribution < -0.4 is 4.74 Å². The summed E-state index contributed by atoms with van der Waals surface area (Å²) < 4.78 is 27.0. The number of halogens is 2. The van der Waals surface area contributed by atoms with Gasteiger partial charge in [0.2, 0.25) is 0 Å². The number of hydrogen-bond acceptors (Lipinski definition) is 5. The zero-order chi connectivity index (χ0) is 22.1. The van der Waals surface area contributed by atoms with Crippen molar-refractivity contribution in [2.24, 2.45) is 0 Å². The van der Waals surface area contributed by atoms with Crippen molar-refractivity contribution in [2.75, 3.05) is 14.2 Å². The molecule has 0 aliphatic carbocycles. The number of nitrogens with zero attached hydrogens (tertiary/aromatic N) is 3. The average Bonchev–Trinajstić information content (AvgIpc) is 3.09. The first-order valence-electron chi connectivity index (χ1n) is 9.46. The van der Waals surface area contributed by atoms with Crippen LogP contribution in [0.5, 0.6) is 5.75 Å². The van der Waals surface area contributed by atoms with E-state index in [-0.39, 0.29) is 27.9 Å². The van der Waals surface area contributed by atoms with Crippen LogP contribution in [0.1, 0.15) is 21.6 Å². The average molecular weight is 440 g/mol. The molecule has 0 spiro atoms. The fraction of sp³-hybridized carbons (Fsp3) is 0.174. The summed E-state index contributed by atoms with van der Waals surface area (Å²) in [5.41, 5.74) is 2.50. The van der Waals surface area contributed by atoms with Crippen molar-refractivity contribution >= 4 is 28.6 Å². The maximum absolute atomic E-state index is 15.1. The van der Waals surface area contributed by atoms with Gasteiger partial charge in [0.25, 0.3) is 0 Å². The molecule has 0 aliphatic heterocycles. The summed E-state index contributed by atoms with van der Waals surface area (Å²) in [6.07, 6.45) is 1.89. The smallest absolute Gasteiger partial charge is 0.357 e. The zero-order valence-corrected chi connectivity index (χ0v) is 17.9. The Morgan fingerprint density at radius 3 is 2.55 bits per heavy atom. The lowest BCUT2D eigenvalue weighted by Gasteiger charge is -2.11. The number of methoxy groups -OCH3 is 2. The summed E-state index contributed by atoms with van der Waals surface area (Å²) in [7, 11) is 2.60. The molecule has 0 aliphatic rings. The van der Waals surface area contributed by atoms with Crippen molar-refractivity contribution in [3.05, 3.63) is 76.3 Å². The van der Waals surface area contributed by atoms with Crippen molar-refractivity contribution in [2.45, 2.75) is 13.5 Å². The third kappa shape index (κ3) is 3.72. The Labute approximate surface area is 183 Å². The number of carbonyl (C=O) groups excluding carboxylic acids is 1. The van der Waals surface area contributed by atoms with E-state index in [1.165, 1.54) is 26.4 Å². The van der Waals surface area contributed by atoms with E-state index in [1.807, 2.05) is 48.0 Å². The number of aryl methyl sites for hydroxylation is 1. The third-order valence-corrected chi connectivity index (χ3v) is 5.27. The van der Waals surface area contributed by atoms with E-state index in [9.17, 15) is 4.79 Å². The normalized spacial score (nSPS) is 11.0. The molecular weight excluding hydrogens is 421 g/mol. The Morgan fingerprint density at radius 2 is 1.87 bits per heavy atom. The van der Waals surface area contributed by atoms with Crippen LogP contribution in [-0.2, 0) is 11.3 Å². The summed E-state index contributed by atoms with van der Waals surface area (Å²) in [6, 6.07) is 12.8. The highest BCUT2D eigenvalue weighted by Gasteiger charge is 2.24. The minimum atomic E-state index is -0.706. The SMILES string of the molecule is COC(=O)c1nc(-c2ccc(Cl)c(OC)c2F)nc2c1c(C)cn2Cc1ccccc1. The topological polar surface area (TPSA) is 66.2 Å². The predicted molar refractivity (Wildman–Crippen MR) is 116 cm³/mol. The molecule has 0 N–H and O–H groups in total. The molecule has 0 unspecified atom stereocenters. The largest absolute Gasteiger partial charge is 0.492 e. The predicted octanol–water partition coefficient (Wildman–Crippen LogP) is 5.04. The summed E-state index contributed by atoms with van der Waals surface area (Å²) >= 11 is 6.02. The van der Waals surface area contributed by atoms with Crippen LogP contribution in [0.2, 0.25) is 5.02 Å². The third-order valence-electron chi connectivity index (χ3n) is 4.97. The summed E-state index contributed by atoms with van der Waals surface area (Å²) in [6.45, 7) is 2.39. The second-order valence-corrected chi connectivity index (χ2v) is 7.36. The standard InChI is InChI=1S/C23H19ClFN3O3/c1-13-11-28(12-14-7-5-4-6-8-14)22-17(13)19(23(29)31-3)26-21(27-22)15-9-10-16(24)20(30-2)18(15)25/h4-11H,12H2,1-3H3. The zero-order valence-electron chi connectivity index (χ0n) is 17.1. The van der Waals surface area contributed by atoms with Crippen molar-refractivity contribution in [3.8, 4) is 17.1 Å². The highest BCUT2D eigenvalue weighted by atomic mass is 35.5. The first-order chi connectivity index (χ1) is 14.9. The van der Waals surface area contributed by atoms with Gasteiger partial charge in [0.05, 0.1) is 30.2 Å². The first kappa shape index (κ1) is 20.8. The number of ether oxygens (including phenoxy) is 2. The maximum Gasteiger partial charge on any atom is 0.357 e. The molecule has 158 valence electrons. The van der Waals surface area contributed by atoms with Gasteiger partial charge in [-0.05, 0) is 30.2 Å². The highest BCUT2D eigenvalue weighted by molar-refractivity contribution is 6.32. The first-order valence-corrected chi connectivity index (χ1v) is 9.84. The number of rotatable bonds is 5. The van der Waals surface area contributed by atoms with E-state index < -0.39 is 11.8 Å². The minimum Gasteiger partial charge on any atom is -0.492 e. The van der Waals surface area contributed by atoms with Gasteiger partial charge in [-0.25, -0.2) is 19.2 Å². The van der Waals surface area contributed by atoms with E-state index in [4.69, 9.17) is 21.1 Å². The fourth-order valence-electron chi connectivity index (χ4n) is 3.54. The Morgan fingerprint density at radius 1 is 1.13 bits per heavy atom. The summed E-state index contributed by atoms with van der Waals surface area (Å²) in [5, 5.41) is 0.689. The molecule has 4 aromatic rings. The molecule has 2 heterocycles. The summed E-state index contributed by atoms with van der Waals surface area (Å²) in [5.74, 6) is -1.41. The van der Waals surface area contributed by atoms with Gasteiger partial charge in [-0.1, -0.05) is 41.9 Å². The van der Waals surface area contributed by atoms with Crippen LogP contribution in [0.3, 0.4) is 0 Å². The molecule has 6 nitrogen and oxygen atoms in total. The number of benzene rings is 2. The van der Waals surface area contributed by atoms with Crippen LogP contribution in [-0.4, -0.2) is 34.7 Å². The van der Waals surface area contributed by atoms with Crippen LogP contribution >= 0.6 is 11.6 Å². The maximum atomic E-state index is 15.1. The Bertz CT molecular complexity index is 1290. The molecule has 8 heteroatoms. The molecule has 4 rings (SSSR count). The number of hydrogen-bond donors (Lipinski definition) is 0. The van der Waals surface area contributed by atoms with Crippen LogP contribution in [0, 0.1) is 12.7 Å². The van der Waals surface area contributed by atoms with E-state index in [0.29, 0.717) is 17.6 Å². The molecule has 0 atom stereocenters. The quantitative estimate of drug-likeness (QED) is 0.407. The molecular formula is C23H19ClFN3O3. The number of fused-ring (bicyclic) bond motifs is 1. The molecule has 2 aromatic heterocycles. The van der Waals surface area contributed by atoms with E-state index in [1.54, 1.807) is 0 Å². The molecule has 0 bridgehead atoms. The van der Waals surface area contributed by atoms with Gasteiger partial charge in [-0.15, -0.1) is 0 Å². The lowest BCUT2D eigenvalue weighted by molar-refractivity contribution is 0.0596. The molecule has 0 fully saturated rings. The molecule has 0 saturated heterocycles. The van der Waals surface area contributed by atoms with Gasteiger partial charge >= 0.3 is 5.97 Å². The molecule has 0 radical (unpaired) electrons. The Balaban J connectivity index is 1.98. The summed E-state index contributed by atoms with van der Waals surface area (Å²) in [4.78, 5) is 21.5. The van der Waals surface area contributed by atoms with Gasteiger partial charge in [-0.3, -0.25) is 0 Å². The minimum absolute atomic E-state index is 0.0350. The molecule has 2 aromatic carbocycles. The second-order valence-electron chi connectivity index (χ2n) is 6.95. The second kappa shape index (κ2) is 8.35. The van der Waals surface area contributed by atoms with Gasteiger partial charge in [0.1, 0.15) is 5.65 Å². The van der Waals surface area contributed by atoms with Crippen molar-refractivity contribution < 1.29 is 18.7 Å². The lowest BCUT2D eigenvalue weighted by Crippen LogP contribution is -2.09. The van der Waals surface area contributed by atoms with Gasteiger partial charge < -0.3 is 14.0 Å². The fourth-order valence-corrected chi connectivity index (χ4v) is 3.76. The van der Waals surface area contributed by atoms with Crippen molar-refractivity contribution in [1.29, 1.82) is 0 Å². The van der Waals surface area contributed by atoms with Gasteiger partial charge in [0.15, 0.2) is 23.1 Å². The Kier molecular flexibility index (Phi) is 5.61. The van der Waals surface area contributed by atoms with E-state index in [2.05, 4.69) is 9.97 Å². The van der Waals surface area contributed by atoms with Crippen molar-refractivity contribution in [1.82, 2.24) is 14.5 Å². The molecule has 31 heavy (non-hydrogen) atoms. The van der Waals surface area contributed by atoms with Gasteiger partial charge in [-0.2, -0.15) is 0 Å². The molecule has 0 saturated carbocycles. The van der Waals surface area contributed by atoms with Crippen LogP contribution in [0.15, 0.2) is 48.7 Å². The number of esters is 1. The number of aromatic nitrogens is 3. The van der Waals surface area contributed by atoms with Crippen LogP contribution in [0.4, 0.5) is 4.39 Å². The van der Waals surface area contributed by atoms with Crippen LogP contribution in [0.25, 0.3) is 22.4 Å². The van der Waals surface area contributed by atoms with E-state index >= 15 is 4.39 Å². The highest BCUT2D eigenvalue weighted by Crippen LogP contribution is 2.35. The van der Waals surface area contributed by atoms with Gasteiger partial charge in [0, 0.05) is 12.7 Å². The Hall–Kier alpha value is -3.45. The molecule has 0 amide bonds. The van der Waals surface area contributed by atoms with E-state index in [0.717, 1.165) is 11.1 Å². The lowest BCUT2D eigenvalue weighted by atomic mass is 10.1. The van der Waals surface area contributed by atoms with Crippen molar-refractivity contribution in [3.63, 3.8) is 0 Å².